The number of aliphatic hydroxyl groups is 1. The van der Waals surface area contributed by atoms with E-state index in [1.165, 1.54) is 6.20 Å². The molecule has 1 amide bonds. The fraction of sp³-hybridized carbons (Fsp3) is 0.158. The van der Waals surface area contributed by atoms with Crippen molar-refractivity contribution < 1.29 is 9.90 Å². The van der Waals surface area contributed by atoms with E-state index in [2.05, 4.69) is 15.5 Å². The van der Waals surface area contributed by atoms with Crippen molar-refractivity contribution in [3.05, 3.63) is 75.9 Å². The smallest absolute Gasteiger partial charge is 0.255 e. The second-order valence-electron chi connectivity index (χ2n) is 5.83. The predicted molar refractivity (Wildman–Crippen MR) is 103 cm³/mol. The monoisotopic (exact) mass is 389 g/mol. The molecule has 134 valence electrons. The van der Waals surface area contributed by atoms with E-state index in [4.69, 9.17) is 23.2 Å². The summed E-state index contributed by atoms with van der Waals surface area (Å²) in [4.78, 5) is 12.7. The first-order valence-corrected chi connectivity index (χ1v) is 8.78. The van der Waals surface area contributed by atoms with E-state index in [-0.39, 0.29) is 12.5 Å². The zero-order chi connectivity index (χ0) is 18.5. The molecule has 3 rings (SSSR count). The number of halogens is 2. The lowest BCUT2D eigenvalue weighted by molar-refractivity contribution is 0.0917. The van der Waals surface area contributed by atoms with Gasteiger partial charge in [0.2, 0.25) is 0 Å². The van der Waals surface area contributed by atoms with E-state index in [1.54, 1.807) is 18.2 Å². The average Bonchev–Trinajstić information content (AvgIpc) is 3.11. The summed E-state index contributed by atoms with van der Waals surface area (Å²) in [6.07, 6.45) is 1.96. The molecule has 3 N–H and O–H groups in total. The van der Waals surface area contributed by atoms with Gasteiger partial charge in [0.15, 0.2) is 0 Å². The van der Waals surface area contributed by atoms with Gasteiger partial charge in [-0.25, -0.2) is 0 Å². The Balaban J connectivity index is 1.79. The molecule has 1 aromatic heterocycles. The van der Waals surface area contributed by atoms with Crippen molar-refractivity contribution in [1.29, 1.82) is 0 Å². The molecular formula is C19H17Cl2N3O2. The first kappa shape index (κ1) is 18.5. The second-order valence-corrected chi connectivity index (χ2v) is 6.67. The Morgan fingerprint density at radius 2 is 1.96 bits per heavy atom. The molecular weight excluding hydrogens is 373 g/mol. The van der Waals surface area contributed by atoms with Crippen LogP contribution in [0.5, 0.6) is 0 Å². The summed E-state index contributed by atoms with van der Waals surface area (Å²) < 4.78 is 0. The molecule has 0 spiro atoms. The number of benzene rings is 2. The number of aromatic amines is 1. The molecule has 0 radical (unpaired) electrons. The fourth-order valence-electron chi connectivity index (χ4n) is 2.68. The van der Waals surface area contributed by atoms with E-state index < -0.39 is 6.04 Å². The third-order valence-corrected chi connectivity index (χ3v) is 4.51. The number of nitrogens with zero attached hydrogens (tertiary/aromatic N) is 1. The number of amides is 1. The summed E-state index contributed by atoms with van der Waals surface area (Å²) in [5, 5.41) is 20.1. The SMILES string of the molecule is O=C(N[C@@H](CO)Cc1ccccc1)c1cn[nH]c1-c1ccc(Cl)cc1Cl. The third-order valence-electron chi connectivity index (χ3n) is 3.96. The molecule has 2 aromatic carbocycles. The molecule has 26 heavy (non-hydrogen) atoms. The highest BCUT2D eigenvalue weighted by atomic mass is 35.5. The predicted octanol–water partition coefficient (Wildman–Crippen LogP) is 3.72. The Bertz CT molecular complexity index is 897. The molecule has 3 aromatic rings. The largest absolute Gasteiger partial charge is 0.394 e. The molecule has 0 aliphatic heterocycles. The molecule has 0 fully saturated rings. The average molecular weight is 390 g/mol. The van der Waals surface area contributed by atoms with Crippen LogP contribution in [0.1, 0.15) is 15.9 Å². The van der Waals surface area contributed by atoms with Crippen molar-refractivity contribution in [2.45, 2.75) is 12.5 Å². The normalized spacial score (nSPS) is 12.0. The lowest BCUT2D eigenvalue weighted by atomic mass is 10.0. The van der Waals surface area contributed by atoms with Gasteiger partial charge in [-0.3, -0.25) is 9.89 Å². The third kappa shape index (κ3) is 4.25. The maximum absolute atomic E-state index is 12.7. The van der Waals surface area contributed by atoms with Crippen molar-refractivity contribution in [2.24, 2.45) is 0 Å². The van der Waals surface area contributed by atoms with Gasteiger partial charge in [0.25, 0.3) is 5.91 Å². The van der Waals surface area contributed by atoms with Gasteiger partial charge in [-0.2, -0.15) is 5.10 Å². The lowest BCUT2D eigenvalue weighted by Gasteiger charge is -2.16. The van der Waals surface area contributed by atoms with Crippen molar-refractivity contribution in [1.82, 2.24) is 15.5 Å². The molecule has 0 bridgehead atoms. The topological polar surface area (TPSA) is 78.0 Å². The number of rotatable bonds is 6. The summed E-state index contributed by atoms with van der Waals surface area (Å²) in [7, 11) is 0. The van der Waals surface area contributed by atoms with Crippen LogP contribution in [0, 0.1) is 0 Å². The van der Waals surface area contributed by atoms with Gasteiger partial charge in [-0.1, -0.05) is 53.5 Å². The van der Waals surface area contributed by atoms with Gasteiger partial charge in [0.1, 0.15) is 0 Å². The molecule has 7 heteroatoms. The Morgan fingerprint density at radius 1 is 1.19 bits per heavy atom. The van der Waals surface area contributed by atoms with Crippen molar-refractivity contribution in [2.75, 3.05) is 6.61 Å². The molecule has 0 aliphatic carbocycles. The number of aromatic nitrogens is 2. The van der Waals surface area contributed by atoms with Gasteiger partial charge >= 0.3 is 0 Å². The van der Waals surface area contributed by atoms with E-state index in [0.717, 1.165) is 5.56 Å². The summed E-state index contributed by atoms with van der Waals surface area (Å²) in [5.74, 6) is -0.338. The molecule has 0 unspecified atom stereocenters. The highest BCUT2D eigenvalue weighted by Crippen LogP contribution is 2.31. The molecule has 0 aliphatic rings. The fourth-order valence-corrected chi connectivity index (χ4v) is 3.18. The molecule has 0 saturated heterocycles. The van der Waals surface area contributed by atoms with Crippen LogP contribution < -0.4 is 5.32 Å². The van der Waals surface area contributed by atoms with Crippen LogP contribution in [0.15, 0.2) is 54.7 Å². The van der Waals surface area contributed by atoms with Crippen LogP contribution in [-0.2, 0) is 6.42 Å². The number of H-pyrrole nitrogens is 1. The summed E-state index contributed by atoms with van der Waals surface area (Å²) in [6.45, 7) is -0.171. The maximum atomic E-state index is 12.7. The van der Waals surface area contributed by atoms with E-state index in [9.17, 15) is 9.90 Å². The van der Waals surface area contributed by atoms with E-state index in [1.807, 2.05) is 30.3 Å². The van der Waals surface area contributed by atoms with E-state index >= 15 is 0 Å². The van der Waals surface area contributed by atoms with E-state index in [0.29, 0.717) is 33.3 Å². The summed E-state index contributed by atoms with van der Waals surface area (Å²) >= 11 is 12.2. The minimum Gasteiger partial charge on any atom is -0.394 e. The van der Waals surface area contributed by atoms with Gasteiger partial charge in [0.05, 0.1) is 35.1 Å². The zero-order valence-electron chi connectivity index (χ0n) is 13.7. The molecule has 0 saturated carbocycles. The number of carbonyl (C=O) groups is 1. The highest BCUT2D eigenvalue weighted by molar-refractivity contribution is 6.36. The van der Waals surface area contributed by atoms with Crippen LogP contribution >= 0.6 is 23.2 Å². The first-order valence-electron chi connectivity index (χ1n) is 8.03. The van der Waals surface area contributed by atoms with Gasteiger partial charge in [0, 0.05) is 10.6 Å². The zero-order valence-corrected chi connectivity index (χ0v) is 15.3. The minimum absolute atomic E-state index is 0.171. The summed E-state index contributed by atoms with van der Waals surface area (Å²) in [6, 6.07) is 14.3. The van der Waals surface area contributed by atoms with Crippen LogP contribution in [0.4, 0.5) is 0 Å². The Hall–Kier alpha value is -2.34. The number of hydrogen-bond acceptors (Lipinski definition) is 3. The Labute approximate surface area is 161 Å². The van der Waals surface area contributed by atoms with Crippen LogP contribution in [0.3, 0.4) is 0 Å². The Kier molecular flexibility index (Phi) is 5.93. The number of aliphatic hydroxyl groups excluding tert-OH is 1. The quantitative estimate of drug-likeness (QED) is 0.601. The van der Waals surface area contributed by atoms with Gasteiger partial charge in [-0.15, -0.1) is 0 Å². The number of hydrogen-bond donors (Lipinski definition) is 3. The van der Waals surface area contributed by atoms with Crippen LogP contribution in [0.2, 0.25) is 10.0 Å². The maximum Gasteiger partial charge on any atom is 0.255 e. The van der Waals surface area contributed by atoms with Gasteiger partial charge < -0.3 is 10.4 Å². The first-order chi connectivity index (χ1) is 12.6. The standard InChI is InChI=1S/C19H17Cl2N3O2/c20-13-6-7-15(17(21)9-13)18-16(10-22-24-18)19(26)23-14(11-25)8-12-4-2-1-3-5-12/h1-7,9-10,14,25H,8,11H2,(H,22,24)(H,23,26)/t14-/m1/s1. The van der Waals surface area contributed by atoms with Gasteiger partial charge in [-0.05, 0) is 30.2 Å². The molecule has 5 nitrogen and oxygen atoms in total. The Morgan fingerprint density at radius 3 is 2.65 bits per heavy atom. The number of nitrogens with one attached hydrogen (secondary N) is 2. The number of carbonyl (C=O) groups excluding carboxylic acids is 1. The van der Waals surface area contributed by atoms with Crippen LogP contribution in [-0.4, -0.2) is 33.9 Å². The van der Waals surface area contributed by atoms with Crippen molar-refractivity contribution in [3.63, 3.8) is 0 Å². The molecule has 1 atom stereocenters. The van der Waals surface area contributed by atoms with Crippen LogP contribution in [0.25, 0.3) is 11.3 Å². The highest BCUT2D eigenvalue weighted by Gasteiger charge is 2.20. The van der Waals surface area contributed by atoms with Crippen molar-refractivity contribution in [3.8, 4) is 11.3 Å². The lowest BCUT2D eigenvalue weighted by Crippen LogP contribution is -2.39. The minimum atomic E-state index is -0.409. The summed E-state index contributed by atoms with van der Waals surface area (Å²) in [5.41, 5.74) is 2.50. The second kappa shape index (κ2) is 8.36. The molecule has 1 heterocycles. The van der Waals surface area contributed by atoms with Crippen molar-refractivity contribution >= 4 is 29.1 Å².